The third-order valence-corrected chi connectivity index (χ3v) is 3.61. The average molecular weight is 291 g/mol. The van der Waals surface area contributed by atoms with Crippen LogP contribution in [0, 0.1) is 0 Å². The number of amides is 1. The van der Waals surface area contributed by atoms with Gasteiger partial charge in [-0.15, -0.1) is 0 Å². The highest BCUT2D eigenvalue weighted by Gasteiger charge is 2.12. The molecule has 1 heterocycles. The quantitative estimate of drug-likeness (QED) is 0.776. The van der Waals surface area contributed by atoms with Gasteiger partial charge in [0.1, 0.15) is 0 Å². The lowest BCUT2D eigenvalue weighted by Gasteiger charge is -2.11. The zero-order chi connectivity index (χ0) is 15.4. The third kappa shape index (κ3) is 2.82. The van der Waals surface area contributed by atoms with Gasteiger partial charge in [0.15, 0.2) is 0 Å². The molecule has 1 amide bonds. The first-order valence-corrected chi connectivity index (χ1v) is 7.21. The van der Waals surface area contributed by atoms with E-state index in [2.05, 4.69) is 10.3 Å². The SMILES string of the molecule is NCCc1ccc(C(=O)Nc2ccncc2)c2ccccc12. The van der Waals surface area contributed by atoms with Crippen LogP contribution < -0.4 is 11.1 Å². The van der Waals surface area contributed by atoms with Crippen LogP contribution in [0.1, 0.15) is 15.9 Å². The van der Waals surface area contributed by atoms with E-state index in [-0.39, 0.29) is 5.91 Å². The predicted molar refractivity (Wildman–Crippen MR) is 88.9 cm³/mol. The largest absolute Gasteiger partial charge is 0.330 e. The van der Waals surface area contributed by atoms with Crippen molar-refractivity contribution in [3.63, 3.8) is 0 Å². The van der Waals surface area contributed by atoms with Crippen LogP contribution >= 0.6 is 0 Å². The van der Waals surface area contributed by atoms with Gasteiger partial charge in [-0.05, 0) is 47.5 Å². The fourth-order valence-electron chi connectivity index (χ4n) is 2.57. The van der Waals surface area contributed by atoms with Crippen molar-refractivity contribution in [2.45, 2.75) is 6.42 Å². The highest BCUT2D eigenvalue weighted by atomic mass is 16.1. The minimum Gasteiger partial charge on any atom is -0.330 e. The molecule has 2 aromatic carbocycles. The second kappa shape index (κ2) is 6.37. The van der Waals surface area contributed by atoms with Gasteiger partial charge in [-0.25, -0.2) is 0 Å². The minimum atomic E-state index is -0.123. The Morgan fingerprint density at radius 2 is 1.73 bits per heavy atom. The van der Waals surface area contributed by atoms with Crippen molar-refractivity contribution in [1.29, 1.82) is 0 Å². The van der Waals surface area contributed by atoms with E-state index >= 15 is 0 Å². The number of aromatic nitrogens is 1. The average Bonchev–Trinajstić information content (AvgIpc) is 2.56. The number of pyridine rings is 1. The summed E-state index contributed by atoms with van der Waals surface area (Å²) in [6.07, 6.45) is 4.10. The van der Waals surface area contributed by atoms with Crippen LogP contribution in [-0.4, -0.2) is 17.4 Å². The molecule has 0 bridgehead atoms. The van der Waals surface area contributed by atoms with Crippen LogP contribution in [0.15, 0.2) is 60.9 Å². The van der Waals surface area contributed by atoms with Crippen LogP contribution in [-0.2, 0) is 6.42 Å². The summed E-state index contributed by atoms with van der Waals surface area (Å²) < 4.78 is 0. The molecule has 0 saturated heterocycles. The molecule has 3 N–H and O–H groups in total. The molecular weight excluding hydrogens is 274 g/mol. The maximum atomic E-state index is 12.5. The van der Waals surface area contributed by atoms with Crippen LogP contribution in [0.3, 0.4) is 0 Å². The number of hydrogen-bond acceptors (Lipinski definition) is 3. The van der Waals surface area contributed by atoms with E-state index in [0.29, 0.717) is 12.1 Å². The van der Waals surface area contributed by atoms with Gasteiger partial charge in [0.2, 0.25) is 0 Å². The highest BCUT2D eigenvalue weighted by Crippen LogP contribution is 2.24. The predicted octanol–water partition coefficient (Wildman–Crippen LogP) is 2.99. The summed E-state index contributed by atoms with van der Waals surface area (Å²) in [4.78, 5) is 16.5. The molecule has 0 aliphatic heterocycles. The maximum absolute atomic E-state index is 12.5. The minimum absolute atomic E-state index is 0.123. The summed E-state index contributed by atoms with van der Waals surface area (Å²) in [5, 5.41) is 4.92. The van der Waals surface area contributed by atoms with Gasteiger partial charge in [-0.1, -0.05) is 30.3 Å². The van der Waals surface area contributed by atoms with Crippen LogP contribution in [0.2, 0.25) is 0 Å². The van der Waals surface area contributed by atoms with E-state index in [1.807, 2.05) is 36.4 Å². The van der Waals surface area contributed by atoms with Crippen molar-refractivity contribution in [3.8, 4) is 0 Å². The molecule has 1 aromatic heterocycles. The van der Waals surface area contributed by atoms with Crippen LogP contribution in [0.4, 0.5) is 5.69 Å². The normalized spacial score (nSPS) is 10.6. The molecule has 110 valence electrons. The third-order valence-electron chi connectivity index (χ3n) is 3.61. The number of nitrogens with two attached hydrogens (primary N) is 1. The topological polar surface area (TPSA) is 68.0 Å². The van der Waals surface area contributed by atoms with Gasteiger partial charge in [0, 0.05) is 23.6 Å². The lowest BCUT2D eigenvalue weighted by atomic mass is 9.97. The second-order valence-electron chi connectivity index (χ2n) is 5.05. The van der Waals surface area contributed by atoms with Gasteiger partial charge in [0.25, 0.3) is 5.91 Å². The number of anilines is 1. The summed E-state index contributed by atoms with van der Waals surface area (Å²) in [7, 11) is 0. The Morgan fingerprint density at radius 3 is 2.45 bits per heavy atom. The van der Waals surface area contributed by atoms with Crippen molar-refractivity contribution >= 4 is 22.4 Å². The number of carbonyl (C=O) groups excluding carboxylic acids is 1. The van der Waals surface area contributed by atoms with Crippen LogP contribution in [0.5, 0.6) is 0 Å². The number of rotatable bonds is 4. The monoisotopic (exact) mass is 291 g/mol. The maximum Gasteiger partial charge on any atom is 0.256 e. The molecule has 0 atom stereocenters. The zero-order valence-electron chi connectivity index (χ0n) is 12.1. The first kappa shape index (κ1) is 14.2. The fourth-order valence-corrected chi connectivity index (χ4v) is 2.57. The first-order valence-electron chi connectivity index (χ1n) is 7.21. The van der Waals surface area contributed by atoms with E-state index in [0.717, 1.165) is 22.9 Å². The Bertz CT molecular complexity index is 800. The van der Waals surface area contributed by atoms with Crippen molar-refractivity contribution < 1.29 is 4.79 Å². The summed E-state index contributed by atoms with van der Waals surface area (Å²) in [5.41, 5.74) is 8.22. The molecule has 4 heteroatoms. The number of benzene rings is 2. The van der Waals surface area contributed by atoms with Gasteiger partial charge >= 0.3 is 0 Å². The molecule has 0 aliphatic carbocycles. The first-order chi connectivity index (χ1) is 10.8. The number of fused-ring (bicyclic) bond motifs is 1. The van der Waals surface area contributed by atoms with Gasteiger partial charge in [0.05, 0.1) is 0 Å². The van der Waals surface area contributed by atoms with E-state index in [9.17, 15) is 4.79 Å². The molecule has 4 nitrogen and oxygen atoms in total. The van der Waals surface area contributed by atoms with Gasteiger partial charge in [-0.3, -0.25) is 9.78 Å². The number of nitrogens with one attached hydrogen (secondary N) is 1. The van der Waals surface area contributed by atoms with Crippen LogP contribution in [0.25, 0.3) is 10.8 Å². The Hall–Kier alpha value is -2.72. The molecule has 0 radical (unpaired) electrons. The molecular formula is C18H17N3O. The lowest BCUT2D eigenvalue weighted by molar-refractivity contribution is 0.102. The Balaban J connectivity index is 2.00. The molecule has 0 fully saturated rings. The highest BCUT2D eigenvalue weighted by molar-refractivity contribution is 6.13. The van der Waals surface area contributed by atoms with Gasteiger partial charge < -0.3 is 11.1 Å². The Morgan fingerprint density at radius 1 is 1.00 bits per heavy atom. The summed E-state index contributed by atoms with van der Waals surface area (Å²) in [6.45, 7) is 0.590. The van der Waals surface area contributed by atoms with E-state index in [1.54, 1.807) is 24.5 Å². The van der Waals surface area contributed by atoms with Crippen molar-refractivity contribution in [2.75, 3.05) is 11.9 Å². The smallest absolute Gasteiger partial charge is 0.256 e. The zero-order valence-corrected chi connectivity index (χ0v) is 12.1. The fraction of sp³-hybridized carbons (Fsp3) is 0.111. The van der Waals surface area contributed by atoms with Crippen molar-refractivity contribution in [2.24, 2.45) is 5.73 Å². The molecule has 3 rings (SSSR count). The molecule has 0 aliphatic rings. The van der Waals surface area contributed by atoms with Gasteiger partial charge in [-0.2, -0.15) is 0 Å². The summed E-state index contributed by atoms with van der Waals surface area (Å²) in [5.74, 6) is -0.123. The number of hydrogen-bond donors (Lipinski definition) is 2. The molecule has 0 spiro atoms. The van der Waals surface area contributed by atoms with Crippen molar-refractivity contribution in [3.05, 3.63) is 72.1 Å². The second-order valence-corrected chi connectivity index (χ2v) is 5.05. The molecule has 3 aromatic rings. The molecule has 0 saturated carbocycles. The lowest BCUT2D eigenvalue weighted by Crippen LogP contribution is -2.13. The Labute approximate surface area is 129 Å². The van der Waals surface area contributed by atoms with E-state index in [4.69, 9.17) is 5.73 Å². The molecule has 22 heavy (non-hydrogen) atoms. The van der Waals surface area contributed by atoms with Crippen molar-refractivity contribution in [1.82, 2.24) is 4.98 Å². The summed E-state index contributed by atoms with van der Waals surface area (Å²) >= 11 is 0. The summed E-state index contributed by atoms with van der Waals surface area (Å²) in [6, 6.07) is 15.3. The Kier molecular flexibility index (Phi) is 4.12. The van der Waals surface area contributed by atoms with E-state index < -0.39 is 0 Å². The van der Waals surface area contributed by atoms with E-state index in [1.165, 1.54) is 5.56 Å². The molecule has 0 unspecified atom stereocenters. The standard InChI is InChI=1S/C18H17N3O/c19-10-7-13-5-6-17(16-4-2-1-3-15(13)16)18(22)21-14-8-11-20-12-9-14/h1-6,8-9,11-12H,7,10,19H2,(H,20,21,22). The number of nitrogens with zero attached hydrogens (tertiary/aromatic N) is 1. The number of carbonyl (C=O) groups is 1.